The van der Waals surface area contributed by atoms with Gasteiger partial charge in [-0.1, -0.05) is 0 Å². The van der Waals surface area contributed by atoms with Crippen LogP contribution in [-0.2, 0) is 9.32 Å². The van der Waals surface area contributed by atoms with Gasteiger partial charge >= 0.3 is 145 Å². The van der Waals surface area contributed by atoms with Crippen molar-refractivity contribution in [3.8, 4) is 0 Å². The second-order valence-electron chi connectivity index (χ2n) is 7.33. The van der Waals surface area contributed by atoms with Crippen molar-refractivity contribution in [2.45, 2.75) is 86.0 Å². The molecule has 0 rings (SSSR count). The molecule has 0 aliphatic rings. The Hall–Kier alpha value is -0.360. The summed E-state index contributed by atoms with van der Waals surface area (Å²) in [5.41, 5.74) is 0.556. The van der Waals surface area contributed by atoms with Crippen molar-refractivity contribution in [3.05, 3.63) is 12.2 Å². The van der Waals surface area contributed by atoms with Gasteiger partial charge in [-0.2, -0.15) is 0 Å². The number of unbranched alkanes of at least 4 members (excludes halogenated alkanes) is 4. The van der Waals surface area contributed by atoms with Crippen molar-refractivity contribution in [2.24, 2.45) is 0 Å². The van der Waals surface area contributed by atoms with E-state index < -0.39 is 6.83 Å². The summed E-state index contributed by atoms with van der Waals surface area (Å²) in [5, 5.41) is 0. The van der Waals surface area contributed by atoms with E-state index in [1.165, 1.54) is 51.4 Å². The van der Waals surface area contributed by atoms with Crippen LogP contribution in [0.1, 0.15) is 86.0 Å². The molecule has 0 spiro atoms. The van der Waals surface area contributed by atoms with E-state index in [9.17, 15) is 4.79 Å². The first-order chi connectivity index (χ1) is 10.9. The van der Waals surface area contributed by atoms with Crippen LogP contribution >= 0.6 is 6.83 Å². The molecule has 0 aromatic heterocycles. The van der Waals surface area contributed by atoms with Crippen LogP contribution < -0.4 is 0 Å². The molecule has 2 nitrogen and oxygen atoms in total. The van der Waals surface area contributed by atoms with Gasteiger partial charge in [0.25, 0.3) is 0 Å². The maximum atomic E-state index is 12.5. The first kappa shape index (κ1) is 22.6. The van der Waals surface area contributed by atoms with Gasteiger partial charge in [-0.05, 0) is 0 Å². The van der Waals surface area contributed by atoms with Gasteiger partial charge < -0.3 is 0 Å². The van der Waals surface area contributed by atoms with E-state index in [1.807, 2.05) is 0 Å². The summed E-state index contributed by atoms with van der Waals surface area (Å²) in [4.78, 5) is 12.5. The van der Waals surface area contributed by atoms with Gasteiger partial charge in [0.1, 0.15) is 0 Å². The number of carbonyl (C=O) groups is 1. The van der Waals surface area contributed by atoms with Gasteiger partial charge in [-0.15, -0.1) is 0 Å². The predicted molar refractivity (Wildman–Crippen MR) is 107 cm³/mol. The van der Waals surface area contributed by atoms with Crippen LogP contribution in [0.15, 0.2) is 12.2 Å². The fourth-order valence-electron chi connectivity index (χ4n) is 3.40. The summed E-state index contributed by atoms with van der Waals surface area (Å²) < 4.78 is 6.49. The van der Waals surface area contributed by atoms with Gasteiger partial charge in [-0.3, -0.25) is 0 Å². The summed E-state index contributed by atoms with van der Waals surface area (Å²) in [6.07, 6.45) is 13.9. The van der Waals surface area contributed by atoms with Gasteiger partial charge in [0, 0.05) is 0 Å². The molecule has 0 saturated heterocycles. The van der Waals surface area contributed by atoms with Crippen molar-refractivity contribution < 1.29 is 9.32 Å². The maximum absolute atomic E-state index is 12.5. The first-order valence-corrected chi connectivity index (χ1v) is 12.7. The van der Waals surface area contributed by atoms with E-state index >= 15 is 0 Å². The normalized spacial score (nSPS) is 13.3. The summed E-state index contributed by atoms with van der Waals surface area (Å²) in [6, 6.07) is 0. The molecule has 0 N–H and O–H groups in total. The summed E-state index contributed by atoms with van der Waals surface area (Å²) in [5.74, 6) is -0.137. The topological polar surface area (TPSA) is 26.3 Å². The zero-order valence-corrected chi connectivity index (χ0v) is 17.4. The Bertz CT molecular complexity index is 319. The van der Waals surface area contributed by atoms with Crippen molar-refractivity contribution in [1.29, 1.82) is 0 Å². The quantitative estimate of drug-likeness (QED) is 0.256. The number of hydrogen-bond donors (Lipinski definition) is 0. The van der Waals surface area contributed by atoms with E-state index in [0.29, 0.717) is 5.57 Å². The molecule has 3 heteroatoms. The molecular formula is C20H41O2P. The van der Waals surface area contributed by atoms with Gasteiger partial charge in [-0.25, -0.2) is 0 Å². The monoisotopic (exact) mass is 344 g/mol. The molecule has 0 fully saturated rings. The Labute approximate surface area is 145 Å². The third kappa shape index (κ3) is 7.38. The van der Waals surface area contributed by atoms with Crippen molar-refractivity contribution >= 4 is 12.8 Å². The van der Waals surface area contributed by atoms with E-state index in [2.05, 4.69) is 34.3 Å². The van der Waals surface area contributed by atoms with Gasteiger partial charge in [0.15, 0.2) is 0 Å². The van der Waals surface area contributed by atoms with Crippen LogP contribution in [-0.4, -0.2) is 30.6 Å². The molecular weight excluding hydrogens is 303 g/mol. The molecule has 0 aromatic rings. The van der Waals surface area contributed by atoms with Crippen molar-refractivity contribution in [3.63, 3.8) is 0 Å². The molecule has 138 valence electrons. The van der Waals surface area contributed by atoms with E-state index in [0.717, 1.165) is 24.6 Å². The molecule has 0 saturated carbocycles. The fraction of sp³-hybridized carbons (Fsp3) is 0.850. The molecule has 0 atom stereocenters. The Morgan fingerprint density at radius 3 is 1.30 bits per heavy atom. The second-order valence-corrected chi connectivity index (χ2v) is 13.0. The molecule has 0 radical (unpaired) electrons. The third-order valence-electron chi connectivity index (χ3n) is 5.00. The van der Waals surface area contributed by atoms with Crippen molar-refractivity contribution in [2.75, 3.05) is 24.6 Å². The zero-order valence-electron chi connectivity index (χ0n) is 16.5. The summed E-state index contributed by atoms with van der Waals surface area (Å²) >= 11 is 0. The third-order valence-corrected chi connectivity index (χ3v) is 11.5. The van der Waals surface area contributed by atoms with E-state index in [4.69, 9.17) is 4.52 Å². The Morgan fingerprint density at radius 2 is 1.09 bits per heavy atom. The number of hydrogen-bond acceptors (Lipinski definition) is 2. The second kappa shape index (κ2) is 11.2. The zero-order chi connectivity index (χ0) is 17.8. The van der Waals surface area contributed by atoms with Gasteiger partial charge in [0.05, 0.1) is 0 Å². The number of rotatable bonds is 14. The summed E-state index contributed by atoms with van der Waals surface area (Å²) in [7, 11) is 0. The fourth-order valence-corrected chi connectivity index (χ4v) is 10.2. The minimum absolute atomic E-state index is 0.137. The molecule has 0 heterocycles. The molecule has 0 amide bonds. The van der Waals surface area contributed by atoms with Crippen molar-refractivity contribution in [1.82, 2.24) is 0 Å². The Morgan fingerprint density at radius 1 is 0.783 bits per heavy atom. The summed E-state index contributed by atoms with van der Waals surface area (Å²) in [6.45, 7) is 12.1. The van der Waals surface area contributed by atoms with Crippen LogP contribution in [0.5, 0.6) is 0 Å². The molecule has 23 heavy (non-hydrogen) atoms. The molecule has 0 aliphatic carbocycles. The Balaban J connectivity index is 5.76. The van der Waals surface area contributed by atoms with Crippen LogP contribution in [0.2, 0.25) is 0 Å². The van der Waals surface area contributed by atoms with Crippen LogP contribution in [0.4, 0.5) is 0 Å². The predicted octanol–water partition coefficient (Wildman–Crippen LogP) is 6.77. The number of carbonyl (C=O) groups excluding carboxylic acids is 1. The average Bonchev–Trinajstić information content (AvgIpc) is 2.55. The van der Waals surface area contributed by atoms with Crippen LogP contribution in [0.3, 0.4) is 0 Å². The molecule has 0 aliphatic heterocycles. The SMILES string of the molecule is C=C(C)C(=O)OP(CCCC)(CCCC)(CCCC)CCCC. The van der Waals surface area contributed by atoms with Gasteiger partial charge in [0.2, 0.25) is 0 Å². The van der Waals surface area contributed by atoms with Crippen LogP contribution in [0.25, 0.3) is 0 Å². The standard InChI is InChI=1S/C20H41O2P/c1-7-11-15-23(16-12-8-2,17-13-9-3,18-14-10-4)22-20(21)19(5)6/h5,7-18H2,1-4,6H3. The molecule has 0 unspecified atom stereocenters. The van der Waals surface area contributed by atoms with E-state index in [-0.39, 0.29) is 5.97 Å². The minimum atomic E-state index is -2.46. The van der Waals surface area contributed by atoms with Crippen LogP contribution in [0, 0.1) is 0 Å². The Kier molecular flexibility index (Phi) is 11.1. The first-order valence-electron chi connectivity index (χ1n) is 9.79. The molecule has 0 aromatic carbocycles. The molecule has 0 bridgehead atoms. The van der Waals surface area contributed by atoms with E-state index in [1.54, 1.807) is 6.92 Å². The average molecular weight is 345 g/mol.